The second-order valence-corrected chi connectivity index (χ2v) is 6.32. The standard InChI is InChI=1S/C19H26N2O4/c1-5-6-11-24-18(23)15-7-9-16(10-8-15)25-12-17(22)21-19(4,13-20)14(2)3/h7-10,14H,5-6,11-12H2,1-4H3,(H,21,22)/t19-/m0/s1. The van der Waals surface area contributed by atoms with Gasteiger partial charge in [-0.3, -0.25) is 4.79 Å². The fraction of sp³-hybridized carbons (Fsp3) is 0.526. The molecule has 1 aromatic carbocycles. The Morgan fingerprint density at radius 1 is 1.28 bits per heavy atom. The number of unbranched alkanes of at least 4 members (excludes halogenated alkanes) is 1. The van der Waals surface area contributed by atoms with Crippen LogP contribution >= 0.6 is 0 Å². The predicted octanol–water partition coefficient (Wildman–Crippen LogP) is 3.08. The van der Waals surface area contributed by atoms with Gasteiger partial charge in [-0.25, -0.2) is 4.79 Å². The van der Waals surface area contributed by atoms with Crippen molar-refractivity contribution in [3.63, 3.8) is 0 Å². The topological polar surface area (TPSA) is 88.4 Å². The van der Waals surface area contributed by atoms with Gasteiger partial charge in [0.15, 0.2) is 6.61 Å². The molecular formula is C19H26N2O4. The molecule has 0 saturated carbocycles. The fourth-order valence-electron chi connectivity index (χ4n) is 1.86. The molecule has 0 saturated heterocycles. The van der Waals surface area contributed by atoms with Crippen molar-refractivity contribution in [3.8, 4) is 11.8 Å². The molecule has 0 radical (unpaired) electrons. The molecule has 6 nitrogen and oxygen atoms in total. The Hall–Kier alpha value is -2.55. The number of hydrogen-bond donors (Lipinski definition) is 1. The molecule has 1 aromatic rings. The van der Waals surface area contributed by atoms with Crippen molar-refractivity contribution in [1.82, 2.24) is 5.32 Å². The Labute approximate surface area is 149 Å². The van der Waals surface area contributed by atoms with Crippen molar-refractivity contribution in [2.24, 2.45) is 5.92 Å². The summed E-state index contributed by atoms with van der Waals surface area (Å²) in [6.07, 6.45) is 1.80. The summed E-state index contributed by atoms with van der Waals surface area (Å²) in [5.74, 6) is -0.316. The van der Waals surface area contributed by atoms with Crippen molar-refractivity contribution >= 4 is 11.9 Å². The van der Waals surface area contributed by atoms with Gasteiger partial charge >= 0.3 is 5.97 Å². The van der Waals surface area contributed by atoms with Gasteiger partial charge in [-0.15, -0.1) is 0 Å². The number of carbonyl (C=O) groups excluding carboxylic acids is 2. The molecular weight excluding hydrogens is 320 g/mol. The first kappa shape index (κ1) is 20.5. The summed E-state index contributed by atoms with van der Waals surface area (Å²) in [7, 11) is 0. The third-order valence-corrected chi connectivity index (χ3v) is 3.98. The van der Waals surface area contributed by atoms with Crippen LogP contribution in [0.2, 0.25) is 0 Å². The van der Waals surface area contributed by atoms with E-state index in [2.05, 4.69) is 11.4 Å². The van der Waals surface area contributed by atoms with Gasteiger partial charge in [0.2, 0.25) is 0 Å². The Balaban J connectivity index is 2.52. The highest BCUT2D eigenvalue weighted by Gasteiger charge is 2.29. The number of carbonyl (C=O) groups is 2. The van der Waals surface area contributed by atoms with Crippen LogP contribution in [0.15, 0.2) is 24.3 Å². The van der Waals surface area contributed by atoms with Crippen LogP contribution in [-0.4, -0.2) is 30.6 Å². The van der Waals surface area contributed by atoms with E-state index in [0.717, 1.165) is 12.8 Å². The zero-order valence-electron chi connectivity index (χ0n) is 15.3. The lowest BCUT2D eigenvalue weighted by atomic mass is 9.90. The summed E-state index contributed by atoms with van der Waals surface area (Å²) in [4.78, 5) is 23.7. The highest BCUT2D eigenvalue weighted by atomic mass is 16.5. The molecule has 0 unspecified atom stereocenters. The van der Waals surface area contributed by atoms with Crippen LogP contribution in [0.1, 0.15) is 50.9 Å². The van der Waals surface area contributed by atoms with E-state index in [-0.39, 0.29) is 24.4 Å². The Morgan fingerprint density at radius 2 is 1.92 bits per heavy atom. The van der Waals surface area contributed by atoms with Gasteiger partial charge < -0.3 is 14.8 Å². The lowest BCUT2D eigenvalue weighted by Crippen LogP contribution is -2.50. The van der Waals surface area contributed by atoms with Crippen LogP contribution < -0.4 is 10.1 Å². The summed E-state index contributed by atoms with van der Waals surface area (Å²) < 4.78 is 10.5. The van der Waals surface area contributed by atoms with Gasteiger partial charge in [-0.05, 0) is 43.5 Å². The summed E-state index contributed by atoms with van der Waals surface area (Å²) in [5.41, 5.74) is -0.503. The first-order valence-corrected chi connectivity index (χ1v) is 8.44. The number of benzene rings is 1. The lowest BCUT2D eigenvalue weighted by molar-refractivity contribution is -0.124. The van der Waals surface area contributed by atoms with Gasteiger partial charge in [-0.2, -0.15) is 5.26 Å². The van der Waals surface area contributed by atoms with Crippen LogP contribution in [-0.2, 0) is 9.53 Å². The highest BCUT2D eigenvalue weighted by molar-refractivity contribution is 5.89. The molecule has 0 aliphatic carbocycles. The van der Waals surface area contributed by atoms with Crippen LogP contribution in [0.4, 0.5) is 0 Å². The quantitative estimate of drug-likeness (QED) is 0.548. The summed E-state index contributed by atoms with van der Waals surface area (Å²) in [6, 6.07) is 8.51. The van der Waals surface area contributed by atoms with E-state index < -0.39 is 5.54 Å². The normalized spacial score (nSPS) is 12.8. The van der Waals surface area contributed by atoms with Crippen molar-refractivity contribution < 1.29 is 19.1 Å². The molecule has 0 spiro atoms. The van der Waals surface area contributed by atoms with E-state index in [1.165, 1.54) is 0 Å². The first-order chi connectivity index (χ1) is 11.8. The third-order valence-electron chi connectivity index (χ3n) is 3.98. The monoisotopic (exact) mass is 346 g/mol. The fourth-order valence-corrected chi connectivity index (χ4v) is 1.86. The molecule has 0 aromatic heterocycles. The number of nitriles is 1. The lowest BCUT2D eigenvalue weighted by Gasteiger charge is -2.27. The van der Waals surface area contributed by atoms with E-state index in [4.69, 9.17) is 9.47 Å². The minimum atomic E-state index is -0.938. The maximum Gasteiger partial charge on any atom is 0.338 e. The molecule has 0 aliphatic rings. The Kier molecular flexibility index (Phi) is 7.93. The largest absolute Gasteiger partial charge is 0.484 e. The SMILES string of the molecule is CCCCOC(=O)c1ccc(OCC(=O)N[C@@](C)(C#N)C(C)C)cc1. The molecule has 6 heteroatoms. The second kappa shape index (κ2) is 9.67. The van der Waals surface area contributed by atoms with Gasteiger partial charge in [-0.1, -0.05) is 27.2 Å². The molecule has 1 amide bonds. The second-order valence-electron chi connectivity index (χ2n) is 6.32. The zero-order valence-corrected chi connectivity index (χ0v) is 15.3. The Bertz CT molecular complexity index is 619. The van der Waals surface area contributed by atoms with E-state index in [9.17, 15) is 14.9 Å². The molecule has 1 atom stereocenters. The molecule has 0 bridgehead atoms. The summed E-state index contributed by atoms with van der Waals surface area (Å²) in [5, 5.41) is 11.9. The minimum Gasteiger partial charge on any atom is -0.484 e. The Morgan fingerprint density at radius 3 is 2.44 bits per heavy atom. The molecule has 0 fully saturated rings. The number of rotatable bonds is 9. The maximum absolute atomic E-state index is 12.0. The average Bonchev–Trinajstić information content (AvgIpc) is 2.60. The van der Waals surface area contributed by atoms with Crippen LogP contribution in [0.3, 0.4) is 0 Å². The van der Waals surface area contributed by atoms with E-state index >= 15 is 0 Å². The number of hydrogen-bond acceptors (Lipinski definition) is 5. The van der Waals surface area contributed by atoms with Gasteiger partial charge in [0.1, 0.15) is 11.3 Å². The first-order valence-electron chi connectivity index (χ1n) is 8.44. The van der Waals surface area contributed by atoms with Crippen LogP contribution in [0.5, 0.6) is 5.75 Å². The number of amides is 1. The zero-order chi connectivity index (χ0) is 18.9. The number of nitrogens with zero attached hydrogens (tertiary/aromatic N) is 1. The van der Waals surface area contributed by atoms with Crippen molar-refractivity contribution in [3.05, 3.63) is 29.8 Å². The highest BCUT2D eigenvalue weighted by Crippen LogP contribution is 2.16. The average molecular weight is 346 g/mol. The van der Waals surface area contributed by atoms with E-state index in [1.807, 2.05) is 20.8 Å². The molecule has 136 valence electrons. The van der Waals surface area contributed by atoms with Crippen molar-refractivity contribution in [1.29, 1.82) is 5.26 Å². The molecule has 0 heterocycles. The predicted molar refractivity (Wildman–Crippen MR) is 94.1 cm³/mol. The third kappa shape index (κ3) is 6.46. The van der Waals surface area contributed by atoms with Crippen molar-refractivity contribution in [2.75, 3.05) is 13.2 Å². The molecule has 1 rings (SSSR count). The van der Waals surface area contributed by atoms with Crippen LogP contribution in [0.25, 0.3) is 0 Å². The minimum absolute atomic E-state index is 0.0283. The van der Waals surface area contributed by atoms with Gasteiger partial charge in [0.05, 0.1) is 18.2 Å². The van der Waals surface area contributed by atoms with Crippen molar-refractivity contribution in [2.45, 2.75) is 46.1 Å². The molecule has 0 aliphatic heterocycles. The number of esters is 1. The smallest absolute Gasteiger partial charge is 0.338 e. The molecule has 25 heavy (non-hydrogen) atoms. The van der Waals surface area contributed by atoms with Gasteiger partial charge in [0, 0.05) is 0 Å². The summed E-state index contributed by atoms with van der Waals surface area (Å²) in [6.45, 7) is 7.63. The van der Waals surface area contributed by atoms with Crippen LogP contribution in [0, 0.1) is 17.2 Å². The maximum atomic E-state index is 12.0. The number of ether oxygens (including phenoxy) is 2. The summed E-state index contributed by atoms with van der Waals surface area (Å²) >= 11 is 0. The van der Waals surface area contributed by atoms with Gasteiger partial charge in [0.25, 0.3) is 5.91 Å². The van der Waals surface area contributed by atoms with E-state index in [0.29, 0.717) is 17.9 Å². The van der Waals surface area contributed by atoms with E-state index in [1.54, 1.807) is 31.2 Å². The molecule has 1 N–H and O–H groups in total. The number of nitrogens with one attached hydrogen (secondary N) is 1.